The van der Waals surface area contributed by atoms with Gasteiger partial charge in [-0.25, -0.2) is 0 Å². The molecule has 0 saturated heterocycles. The maximum atomic E-state index is 6.73. The Morgan fingerprint density at radius 3 is 1.33 bits per heavy atom. The van der Waals surface area contributed by atoms with E-state index in [2.05, 4.69) is 0 Å². The summed E-state index contributed by atoms with van der Waals surface area (Å²) in [6, 6.07) is 0. The Labute approximate surface area is 92.6 Å². The minimum Gasteiger partial charge on any atom is -0.369 e. The SMILES string of the molecule is C1CC2(OC34CCC(CC3)C4)CCC1C2. The lowest BCUT2D eigenvalue weighted by molar-refractivity contribution is -0.147. The van der Waals surface area contributed by atoms with E-state index >= 15 is 0 Å². The highest BCUT2D eigenvalue weighted by molar-refractivity contribution is 5.04. The van der Waals surface area contributed by atoms with E-state index in [0.717, 1.165) is 11.8 Å². The molecule has 4 bridgehead atoms. The third kappa shape index (κ3) is 1.25. The van der Waals surface area contributed by atoms with Crippen molar-refractivity contribution in [3.05, 3.63) is 0 Å². The lowest BCUT2D eigenvalue weighted by Crippen LogP contribution is -2.39. The van der Waals surface area contributed by atoms with Crippen LogP contribution in [-0.2, 0) is 4.74 Å². The van der Waals surface area contributed by atoms with Crippen LogP contribution in [0.15, 0.2) is 0 Å². The third-order valence-electron chi connectivity index (χ3n) is 5.79. The van der Waals surface area contributed by atoms with Gasteiger partial charge in [-0.15, -0.1) is 0 Å². The van der Waals surface area contributed by atoms with Gasteiger partial charge in [0, 0.05) is 0 Å². The molecule has 0 unspecified atom stereocenters. The standard InChI is InChI=1S/C14H22O/c1-5-13(6-2-11(1)9-13)15-14-7-3-12(10-14)4-8-14/h11-12H,1-10H2. The molecule has 0 heterocycles. The Bertz CT molecular complexity index is 239. The highest BCUT2D eigenvalue weighted by Crippen LogP contribution is 2.57. The number of fused-ring (bicyclic) bond motifs is 4. The molecule has 4 fully saturated rings. The van der Waals surface area contributed by atoms with Gasteiger partial charge in [0.2, 0.25) is 0 Å². The number of rotatable bonds is 2. The first kappa shape index (κ1) is 9.04. The van der Waals surface area contributed by atoms with E-state index in [9.17, 15) is 0 Å². The molecule has 4 saturated carbocycles. The maximum Gasteiger partial charge on any atom is 0.0693 e. The van der Waals surface area contributed by atoms with Crippen molar-refractivity contribution in [3.63, 3.8) is 0 Å². The fourth-order valence-corrected chi connectivity index (χ4v) is 5.02. The van der Waals surface area contributed by atoms with E-state index < -0.39 is 0 Å². The second kappa shape index (κ2) is 2.80. The Morgan fingerprint density at radius 2 is 1.07 bits per heavy atom. The summed E-state index contributed by atoms with van der Waals surface area (Å²) in [6.45, 7) is 0. The molecule has 0 amide bonds. The molecule has 0 aliphatic heterocycles. The molecular weight excluding hydrogens is 184 g/mol. The molecule has 0 aromatic rings. The topological polar surface area (TPSA) is 9.23 Å². The van der Waals surface area contributed by atoms with Crippen molar-refractivity contribution in [2.24, 2.45) is 11.8 Å². The van der Waals surface area contributed by atoms with Gasteiger partial charge in [-0.3, -0.25) is 0 Å². The smallest absolute Gasteiger partial charge is 0.0693 e. The number of ether oxygens (including phenoxy) is 1. The molecule has 0 aromatic carbocycles. The second-order valence-corrected chi connectivity index (χ2v) is 6.76. The maximum absolute atomic E-state index is 6.73. The summed E-state index contributed by atoms with van der Waals surface area (Å²) in [6.07, 6.45) is 14.2. The van der Waals surface area contributed by atoms with Crippen molar-refractivity contribution in [1.82, 2.24) is 0 Å². The van der Waals surface area contributed by atoms with Crippen LogP contribution < -0.4 is 0 Å². The van der Waals surface area contributed by atoms with Gasteiger partial charge in [0.25, 0.3) is 0 Å². The van der Waals surface area contributed by atoms with Crippen molar-refractivity contribution in [3.8, 4) is 0 Å². The predicted molar refractivity (Wildman–Crippen MR) is 59.7 cm³/mol. The van der Waals surface area contributed by atoms with E-state index in [1.165, 1.54) is 64.2 Å². The van der Waals surface area contributed by atoms with Crippen molar-refractivity contribution in [2.75, 3.05) is 0 Å². The molecular formula is C14H22O. The van der Waals surface area contributed by atoms with Crippen LogP contribution in [0, 0.1) is 11.8 Å². The van der Waals surface area contributed by atoms with Gasteiger partial charge in [0.1, 0.15) is 0 Å². The Kier molecular flexibility index (Phi) is 1.68. The first-order valence-electron chi connectivity index (χ1n) is 6.98. The summed E-state index contributed by atoms with van der Waals surface area (Å²) in [5.41, 5.74) is 0.730. The molecule has 0 radical (unpaired) electrons. The van der Waals surface area contributed by atoms with Crippen molar-refractivity contribution in [1.29, 1.82) is 0 Å². The third-order valence-corrected chi connectivity index (χ3v) is 5.79. The largest absolute Gasteiger partial charge is 0.369 e. The van der Waals surface area contributed by atoms with E-state index in [-0.39, 0.29) is 0 Å². The van der Waals surface area contributed by atoms with Crippen LogP contribution >= 0.6 is 0 Å². The summed E-state index contributed by atoms with van der Waals surface area (Å²) in [7, 11) is 0. The monoisotopic (exact) mass is 206 g/mol. The quantitative estimate of drug-likeness (QED) is 0.670. The van der Waals surface area contributed by atoms with E-state index in [1.807, 2.05) is 0 Å². The van der Waals surface area contributed by atoms with Gasteiger partial charge < -0.3 is 4.74 Å². The second-order valence-electron chi connectivity index (χ2n) is 6.76. The average Bonchev–Trinajstić information content (AvgIpc) is 2.95. The molecule has 4 rings (SSSR count). The zero-order valence-electron chi connectivity index (χ0n) is 9.63. The molecule has 4 aliphatic carbocycles. The van der Waals surface area contributed by atoms with Gasteiger partial charge in [-0.1, -0.05) is 0 Å². The van der Waals surface area contributed by atoms with Crippen LogP contribution in [0.3, 0.4) is 0 Å². The molecule has 1 heteroatoms. The summed E-state index contributed by atoms with van der Waals surface area (Å²) < 4.78 is 6.73. The Morgan fingerprint density at radius 1 is 0.667 bits per heavy atom. The number of hydrogen-bond donors (Lipinski definition) is 0. The molecule has 0 spiro atoms. The predicted octanol–water partition coefficient (Wildman–Crippen LogP) is 3.67. The molecule has 4 aliphatic rings. The minimum atomic E-state index is 0.365. The zero-order valence-corrected chi connectivity index (χ0v) is 9.63. The summed E-state index contributed by atoms with van der Waals surface area (Å²) >= 11 is 0. The van der Waals surface area contributed by atoms with Crippen LogP contribution in [0.5, 0.6) is 0 Å². The van der Waals surface area contributed by atoms with Gasteiger partial charge in [0.15, 0.2) is 0 Å². The average molecular weight is 206 g/mol. The molecule has 0 aromatic heterocycles. The molecule has 15 heavy (non-hydrogen) atoms. The highest BCUT2D eigenvalue weighted by atomic mass is 16.5. The van der Waals surface area contributed by atoms with Crippen molar-refractivity contribution in [2.45, 2.75) is 75.4 Å². The molecule has 84 valence electrons. The van der Waals surface area contributed by atoms with Crippen LogP contribution in [0.4, 0.5) is 0 Å². The lowest BCUT2D eigenvalue weighted by Gasteiger charge is -2.38. The van der Waals surface area contributed by atoms with Gasteiger partial charge in [-0.05, 0) is 76.0 Å². The molecule has 0 atom stereocenters. The minimum absolute atomic E-state index is 0.365. The lowest BCUT2D eigenvalue weighted by atomic mass is 9.92. The van der Waals surface area contributed by atoms with Crippen LogP contribution in [0.1, 0.15) is 64.2 Å². The van der Waals surface area contributed by atoms with Gasteiger partial charge >= 0.3 is 0 Å². The molecule has 0 N–H and O–H groups in total. The zero-order chi connectivity index (χ0) is 9.93. The van der Waals surface area contributed by atoms with Crippen LogP contribution in [0.25, 0.3) is 0 Å². The fraction of sp³-hybridized carbons (Fsp3) is 1.00. The number of hydrogen-bond acceptors (Lipinski definition) is 1. The Hall–Kier alpha value is -0.0400. The molecule has 1 nitrogen and oxygen atoms in total. The summed E-state index contributed by atoms with van der Waals surface area (Å²) in [4.78, 5) is 0. The Balaban J connectivity index is 1.55. The normalized spacial score (nSPS) is 56.8. The highest BCUT2D eigenvalue weighted by Gasteiger charge is 2.54. The van der Waals surface area contributed by atoms with E-state index in [1.54, 1.807) is 0 Å². The van der Waals surface area contributed by atoms with Gasteiger partial charge in [-0.2, -0.15) is 0 Å². The van der Waals surface area contributed by atoms with E-state index in [0.29, 0.717) is 11.2 Å². The summed E-state index contributed by atoms with van der Waals surface area (Å²) in [5.74, 6) is 2.06. The van der Waals surface area contributed by atoms with Gasteiger partial charge in [0.05, 0.1) is 11.2 Å². The van der Waals surface area contributed by atoms with Crippen molar-refractivity contribution >= 4 is 0 Å². The van der Waals surface area contributed by atoms with E-state index in [4.69, 9.17) is 4.74 Å². The van der Waals surface area contributed by atoms with Crippen molar-refractivity contribution < 1.29 is 4.74 Å². The van der Waals surface area contributed by atoms with Crippen LogP contribution in [-0.4, -0.2) is 11.2 Å². The van der Waals surface area contributed by atoms with Crippen LogP contribution in [0.2, 0.25) is 0 Å². The fourth-order valence-electron chi connectivity index (χ4n) is 5.02. The first-order valence-corrected chi connectivity index (χ1v) is 6.98. The first-order chi connectivity index (χ1) is 7.28. The summed E-state index contributed by atoms with van der Waals surface area (Å²) in [5, 5.41) is 0.